The van der Waals surface area contributed by atoms with Crippen molar-refractivity contribution in [3.63, 3.8) is 0 Å². The number of hydrogen-bond donors (Lipinski definition) is 6. The van der Waals surface area contributed by atoms with Crippen LogP contribution in [-0.4, -0.2) is 93.3 Å². The molecule has 0 bridgehead atoms. The topological polar surface area (TPSA) is 275 Å². The first kappa shape index (κ1) is 52.6. The summed E-state index contributed by atoms with van der Waals surface area (Å²) in [5, 5.41) is 11.0. The second-order valence-electron chi connectivity index (χ2n) is 16.1. The standard InChI is InChI=1S/C42H60N2O14S4/c1-33(41(2,25-11-5-8-22-40(45)46)36-32-34(62(56,57)58)23-24-37(36)43-27-13-16-30-60(50,51)52)18-6-4-7-21-39-42(3,26-12-15-29-59(47,48)49)35-19-9-10-20-38(35)44(39)28-14-17-31-61(53,54)55/h4,6-7,9-10,18-21,23-24,32,43H,1,5,8,11-17,22,25-31H2,2-3H3,(H,45,46)(H,47,48,49)(H,50,51,52)(H,53,54,55)(H,56,57,58)/p+1/b7-4+,18-6+,39-21+. The maximum Gasteiger partial charge on any atom is 0.303 e. The zero-order valence-electron chi connectivity index (χ0n) is 35.2. The second kappa shape index (κ2) is 22.8. The number of allylic oxidation sites excluding steroid dienone is 7. The lowest BCUT2D eigenvalue weighted by atomic mass is 9.71. The molecule has 1 aliphatic rings. The molecule has 0 saturated carbocycles. The molecule has 20 heteroatoms. The van der Waals surface area contributed by atoms with Gasteiger partial charge in [0.15, 0.2) is 0 Å². The van der Waals surface area contributed by atoms with Crippen LogP contribution in [0.4, 0.5) is 11.4 Å². The van der Waals surface area contributed by atoms with Gasteiger partial charge in [0, 0.05) is 46.8 Å². The molecule has 0 fully saturated rings. The number of carboxylic acids is 1. The van der Waals surface area contributed by atoms with E-state index in [1.54, 1.807) is 24.3 Å². The monoisotopic (exact) mass is 945 g/mol. The highest BCUT2D eigenvalue weighted by molar-refractivity contribution is 7.86. The van der Waals surface area contributed by atoms with E-state index in [-0.39, 0.29) is 42.1 Å². The number of quaternary nitrogens is 1. The zero-order valence-corrected chi connectivity index (χ0v) is 38.5. The van der Waals surface area contributed by atoms with Gasteiger partial charge >= 0.3 is 5.97 Å². The number of benzene rings is 2. The van der Waals surface area contributed by atoms with Gasteiger partial charge in [-0.05, 0) is 93.7 Å². The van der Waals surface area contributed by atoms with Gasteiger partial charge in [0.1, 0.15) is 5.69 Å². The summed E-state index contributed by atoms with van der Waals surface area (Å²) in [5.41, 5.74) is 2.93. The van der Waals surface area contributed by atoms with Crippen LogP contribution in [0.5, 0.6) is 0 Å². The van der Waals surface area contributed by atoms with Gasteiger partial charge in [0.25, 0.3) is 40.5 Å². The van der Waals surface area contributed by atoms with Gasteiger partial charge in [0.05, 0.1) is 28.7 Å². The van der Waals surface area contributed by atoms with Crippen LogP contribution in [0.15, 0.2) is 95.6 Å². The number of aliphatic carboxylic acids is 1. The number of rotatable bonds is 28. The molecule has 62 heavy (non-hydrogen) atoms. The van der Waals surface area contributed by atoms with Gasteiger partial charge in [-0.25, -0.2) is 0 Å². The fourth-order valence-electron chi connectivity index (χ4n) is 7.84. The molecule has 3 rings (SSSR count). The number of hydrogen-bond acceptors (Lipinski definition) is 10. The van der Waals surface area contributed by atoms with E-state index in [0.29, 0.717) is 81.3 Å². The van der Waals surface area contributed by atoms with Crippen LogP contribution in [0, 0.1) is 0 Å². The Bertz CT molecular complexity index is 2430. The molecule has 2 atom stereocenters. The first-order valence-electron chi connectivity index (χ1n) is 20.4. The summed E-state index contributed by atoms with van der Waals surface area (Å²) in [7, 11) is -17.1. The quantitative estimate of drug-likeness (QED) is 0.0242. The molecular formula is C42H61N2O14S4+. The number of nitrogens with zero attached hydrogens (tertiary/aromatic N) is 1. The number of fused-ring (bicyclic) bond motifs is 1. The van der Waals surface area contributed by atoms with Crippen molar-refractivity contribution in [3.05, 3.63) is 102 Å². The van der Waals surface area contributed by atoms with Crippen molar-refractivity contribution < 1.29 is 67.1 Å². The smallest absolute Gasteiger partial charge is 0.303 e. The Kier molecular flexibility index (Phi) is 19.3. The van der Waals surface area contributed by atoms with Gasteiger partial charge in [-0.3, -0.25) is 23.0 Å². The number of nitrogens with two attached hydrogens (primary N) is 1. The van der Waals surface area contributed by atoms with Crippen molar-refractivity contribution in [2.45, 2.75) is 107 Å². The van der Waals surface area contributed by atoms with E-state index < -0.39 is 63.0 Å². The third-order valence-corrected chi connectivity index (χ3v) is 14.5. The SMILES string of the molecule is C=C(/C=C/C=C/C=C1/N(CCCCS(=O)(=O)O)c2ccccc2C1(C)CCCCS(=O)(=O)O)C(C)(CCCCCC(=O)O)c1cc(S(=O)(=O)O)ccc1[NH2+]CCCCS(=O)(=O)O. The molecule has 0 amide bonds. The van der Waals surface area contributed by atoms with E-state index in [1.807, 2.05) is 55.6 Å². The molecule has 7 N–H and O–H groups in total. The van der Waals surface area contributed by atoms with E-state index in [9.17, 15) is 57.2 Å². The second-order valence-corrected chi connectivity index (χ2v) is 22.2. The molecule has 0 aliphatic carbocycles. The van der Waals surface area contributed by atoms with Crippen LogP contribution in [0.1, 0.15) is 102 Å². The van der Waals surface area contributed by atoms with Crippen molar-refractivity contribution in [2.24, 2.45) is 0 Å². The lowest BCUT2D eigenvalue weighted by Crippen LogP contribution is -2.78. The summed E-state index contributed by atoms with van der Waals surface area (Å²) in [6.07, 6.45) is 13.5. The van der Waals surface area contributed by atoms with Crippen LogP contribution in [-0.2, 0) is 56.1 Å². The summed E-state index contributed by atoms with van der Waals surface area (Å²) in [5.74, 6) is -2.10. The van der Waals surface area contributed by atoms with E-state index in [2.05, 4.69) is 11.5 Å². The van der Waals surface area contributed by atoms with Crippen molar-refractivity contribution in [1.29, 1.82) is 0 Å². The van der Waals surface area contributed by atoms with Crippen LogP contribution < -0.4 is 10.2 Å². The number of carboxylic acid groups (broad SMARTS) is 1. The molecule has 2 aromatic carbocycles. The predicted octanol–water partition coefficient (Wildman–Crippen LogP) is 6.15. The summed E-state index contributed by atoms with van der Waals surface area (Å²) >= 11 is 0. The normalized spacial score (nSPS) is 17.8. The number of anilines is 1. The Balaban J connectivity index is 2.02. The summed E-state index contributed by atoms with van der Waals surface area (Å²) in [6, 6.07) is 11.9. The molecule has 346 valence electrons. The highest BCUT2D eigenvalue weighted by atomic mass is 32.2. The average Bonchev–Trinajstić information content (AvgIpc) is 3.39. The minimum atomic E-state index is -4.63. The molecule has 16 nitrogen and oxygen atoms in total. The molecule has 1 heterocycles. The Morgan fingerprint density at radius 3 is 2.00 bits per heavy atom. The summed E-state index contributed by atoms with van der Waals surface area (Å²) < 4.78 is 131. The predicted molar refractivity (Wildman–Crippen MR) is 239 cm³/mol. The van der Waals surface area contributed by atoms with Crippen molar-refractivity contribution >= 4 is 57.8 Å². The molecular weight excluding hydrogens is 885 g/mol. The van der Waals surface area contributed by atoms with Crippen LogP contribution in [0.3, 0.4) is 0 Å². The molecule has 0 radical (unpaired) electrons. The minimum absolute atomic E-state index is 0.0185. The fourth-order valence-corrected chi connectivity index (χ4v) is 10.1. The number of unbranched alkanes of at least 4 members (excludes halogenated alkanes) is 5. The Morgan fingerprint density at radius 2 is 1.39 bits per heavy atom. The lowest BCUT2D eigenvalue weighted by molar-refractivity contribution is -0.572. The van der Waals surface area contributed by atoms with Crippen molar-refractivity contribution in [1.82, 2.24) is 0 Å². The highest BCUT2D eigenvalue weighted by Crippen LogP contribution is 2.50. The fraction of sp³-hybridized carbons (Fsp3) is 0.500. The van der Waals surface area contributed by atoms with Gasteiger partial charge in [0.2, 0.25) is 0 Å². The largest absolute Gasteiger partial charge is 0.481 e. The van der Waals surface area contributed by atoms with Crippen molar-refractivity contribution in [3.8, 4) is 0 Å². The number of carbonyl (C=O) groups is 1. The van der Waals surface area contributed by atoms with Gasteiger partial charge in [-0.15, -0.1) is 0 Å². The van der Waals surface area contributed by atoms with E-state index in [0.717, 1.165) is 16.9 Å². The van der Waals surface area contributed by atoms with Crippen LogP contribution in [0.25, 0.3) is 0 Å². The van der Waals surface area contributed by atoms with E-state index >= 15 is 0 Å². The van der Waals surface area contributed by atoms with E-state index in [1.165, 1.54) is 12.1 Å². The number of para-hydroxylation sites is 1. The molecule has 1 aliphatic heterocycles. The molecule has 2 aromatic rings. The third-order valence-electron chi connectivity index (χ3n) is 11.2. The van der Waals surface area contributed by atoms with Crippen molar-refractivity contribution in [2.75, 3.05) is 35.2 Å². The molecule has 2 unspecified atom stereocenters. The zero-order chi connectivity index (χ0) is 46.4. The van der Waals surface area contributed by atoms with E-state index in [4.69, 9.17) is 4.55 Å². The van der Waals surface area contributed by atoms with Gasteiger partial charge in [-0.1, -0.05) is 75.3 Å². The third kappa shape index (κ3) is 16.8. The van der Waals surface area contributed by atoms with Gasteiger partial charge in [-0.2, -0.15) is 33.7 Å². The van der Waals surface area contributed by atoms with Crippen LogP contribution >= 0.6 is 0 Å². The average molecular weight is 946 g/mol. The van der Waals surface area contributed by atoms with Gasteiger partial charge < -0.3 is 15.3 Å². The summed E-state index contributed by atoms with van der Waals surface area (Å²) in [4.78, 5) is 12.9. The minimum Gasteiger partial charge on any atom is -0.481 e. The Hall–Kier alpha value is -3.73. The maximum absolute atomic E-state index is 12.4. The Labute approximate surface area is 366 Å². The highest BCUT2D eigenvalue weighted by Gasteiger charge is 2.42. The first-order valence-corrected chi connectivity index (χ1v) is 26.7. The molecule has 0 spiro atoms. The van der Waals surface area contributed by atoms with Crippen LogP contribution in [0.2, 0.25) is 0 Å². The Morgan fingerprint density at radius 1 is 0.774 bits per heavy atom. The maximum atomic E-state index is 12.4. The molecule has 0 saturated heterocycles. The lowest BCUT2D eigenvalue weighted by Gasteiger charge is -2.32. The molecule has 0 aromatic heterocycles. The summed E-state index contributed by atoms with van der Waals surface area (Å²) in [6.45, 7) is 9.11. The first-order chi connectivity index (χ1) is 28.8.